The lowest BCUT2D eigenvalue weighted by molar-refractivity contribution is 0.0953. The van der Waals surface area contributed by atoms with Crippen LogP contribution in [0.5, 0.6) is 0 Å². The monoisotopic (exact) mass is 439 g/mol. The Morgan fingerprint density at radius 3 is 2.45 bits per heavy atom. The van der Waals surface area contributed by atoms with Crippen molar-refractivity contribution in [2.45, 2.75) is 53.0 Å². The molecule has 0 bridgehead atoms. The Bertz CT molecular complexity index is 1240. The van der Waals surface area contributed by atoms with Crippen molar-refractivity contribution in [2.24, 2.45) is 0 Å². The van der Waals surface area contributed by atoms with Crippen molar-refractivity contribution in [3.8, 4) is 0 Å². The highest BCUT2D eigenvalue weighted by molar-refractivity contribution is 5.94. The molecule has 1 heterocycles. The highest BCUT2D eigenvalue weighted by atomic mass is 16.1. The van der Waals surface area contributed by atoms with E-state index < -0.39 is 0 Å². The molecule has 3 aromatic carbocycles. The van der Waals surface area contributed by atoms with Crippen LogP contribution in [-0.4, -0.2) is 22.0 Å². The number of benzene rings is 3. The number of fused-ring (bicyclic) bond motifs is 1. The zero-order valence-electron chi connectivity index (χ0n) is 19.9. The SMILES string of the molecule is Cc1ccc(C(=O)NCCCCCc2nc3ccccc3n2Cc2cc(C)ccc2C)cc1. The molecule has 0 aliphatic carbocycles. The Morgan fingerprint density at radius 2 is 1.64 bits per heavy atom. The molecule has 0 spiro atoms. The van der Waals surface area contributed by atoms with Gasteiger partial charge in [0.1, 0.15) is 5.82 Å². The molecule has 4 nitrogen and oxygen atoms in total. The molecule has 0 fully saturated rings. The molecule has 0 radical (unpaired) electrons. The largest absolute Gasteiger partial charge is 0.352 e. The van der Waals surface area contributed by atoms with Gasteiger partial charge in [0.05, 0.1) is 11.0 Å². The van der Waals surface area contributed by atoms with Gasteiger partial charge >= 0.3 is 0 Å². The van der Waals surface area contributed by atoms with Crippen molar-refractivity contribution < 1.29 is 4.79 Å². The van der Waals surface area contributed by atoms with E-state index in [1.807, 2.05) is 31.2 Å². The van der Waals surface area contributed by atoms with E-state index in [1.165, 1.54) is 22.2 Å². The number of hydrogen-bond acceptors (Lipinski definition) is 2. The van der Waals surface area contributed by atoms with Crippen molar-refractivity contribution in [3.63, 3.8) is 0 Å². The fraction of sp³-hybridized carbons (Fsp3) is 0.310. The summed E-state index contributed by atoms with van der Waals surface area (Å²) in [4.78, 5) is 17.2. The molecule has 0 saturated carbocycles. The topological polar surface area (TPSA) is 46.9 Å². The van der Waals surface area contributed by atoms with E-state index >= 15 is 0 Å². The first-order chi connectivity index (χ1) is 16.0. The van der Waals surface area contributed by atoms with Gasteiger partial charge in [-0.3, -0.25) is 4.79 Å². The number of unbranched alkanes of at least 4 members (excludes halogenated alkanes) is 2. The Labute approximate surface area is 196 Å². The number of amides is 1. The molecule has 0 atom stereocenters. The van der Waals surface area contributed by atoms with Gasteiger partial charge in [0.25, 0.3) is 5.91 Å². The lowest BCUT2D eigenvalue weighted by Crippen LogP contribution is -2.24. The summed E-state index contributed by atoms with van der Waals surface area (Å²) >= 11 is 0. The van der Waals surface area contributed by atoms with Gasteiger partial charge in [0, 0.05) is 25.1 Å². The molecular weight excluding hydrogens is 406 g/mol. The number of imidazole rings is 1. The minimum absolute atomic E-state index is 0.00492. The fourth-order valence-corrected chi connectivity index (χ4v) is 4.23. The normalized spacial score (nSPS) is 11.1. The van der Waals surface area contributed by atoms with Crippen LogP contribution >= 0.6 is 0 Å². The Kier molecular flexibility index (Phi) is 7.23. The Hall–Kier alpha value is -3.40. The number of hydrogen-bond donors (Lipinski definition) is 1. The van der Waals surface area contributed by atoms with Crippen molar-refractivity contribution in [3.05, 3.63) is 100 Å². The van der Waals surface area contributed by atoms with E-state index in [9.17, 15) is 4.79 Å². The quantitative estimate of drug-likeness (QED) is 0.318. The summed E-state index contributed by atoms with van der Waals surface area (Å²) in [5, 5.41) is 3.03. The van der Waals surface area contributed by atoms with Crippen LogP contribution in [0.15, 0.2) is 66.7 Å². The number of carbonyl (C=O) groups excluding carboxylic acids is 1. The molecule has 0 unspecified atom stereocenters. The summed E-state index contributed by atoms with van der Waals surface area (Å²) in [5.41, 5.74) is 8.08. The zero-order chi connectivity index (χ0) is 23.2. The molecule has 4 aromatic rings. The Morgan fingerprint density at radius 1 is 0.879 bits per heavy atom. The molecule has 1 N–H and O–H groups in total. The van der Waals surface area contributed by atoms with Gasteiger partial charge in [0.2, 0.25) is 0 Å². The van der Waals surface area contributed by atoms with Crippen LogP contribution in [0, 0.1) is 20.8 Å². The third kappa shape index (κ3) is 5.70. The first-order valence-corrected chi connectivity index (χ1v) is 11.9. The van der Waals surface area contributed by atoms with Crippen LogP contribution in [0.1, 0.15) is 57.7 Å². The second kappa shape index (κ2) is 10.5. The number of carbonyl (C=O) groups is 1. The highest BCUT2D eigenvalue weighted by Gasteiger charge is 2.12. The van der Waals surface area contributed by atoms with Gasteiger partial charge in [-0.05, 0) is 69.0 Å². The summed E-state index contributed by atoms with van der Waals surface area (Å²) in [7, 11) is 0. The van der Waals surface area contributed by atoms with Crippen molar-refractivity contribution >= 4 is 16.9 Å². The molecule has 4 rings (SSSR count). The van der Waals surface area contributed by atoms with Crippen molar-refractivity contribution in [1.82, 2.24) is 14.9 Å². The lowest BCUT2D eigenvalue weighted by atomic mass is 10.1. The Balaban J connectivity index is 1.35. The number of rotatable bonds is 9. The molecule has 1 aromatic heterocycles. The van der Waals surface area contributed by atoms with Crippen LogP contribution < -0.4 is 5.32 Å². The van der Waals surface area contributed by atoms with Crippen LogP contribution in [-0.2, 0) is 13.0 Å². The molecule has 170 valence electrons. The third-order valence-corrected chi connectivity index (χ3v) is 6.24. The minimum atomic E-state index is 0.00492. The predicted molar refractivity (Wildman–Crippen MR) is 136 cm³/mol. The molecule has 33 heavy (non-hydrogen) atoms. The molecule has 0 aliphatic heterocycles. The van der Waals surface area contributed by atoms with Gasteiger partial charge in [-0.2, -0.15) is 0 Å². The van der Waals surface area contributed by atoms with Gasteiger partial charge in [0.15, 0.2) is 0 Å². The predicted octanol–water partition coefficient (Wildman–Crippen LogP) is 6.15. The number of aromatic nitrogens is 2. The second-order valence-corrected chi connectivity index (χ2v) is 8.97. The standard InChI is InChI=1S/C29H33N3O/c1-21-13-16-24(17-14-21)29(33)30-18-8-4-5-11-28-31-26-9-6-7-10-27(26)32(28)20-25-19-22(2)12-15-23(25)3/h6-7,9-10,12-17,19H,4-5,8,11,18,20H2,1-3H3,(H,30,33). The van der Waals surface area contributed by atoms with Crippen LogP contribution in [0.3, 0.4) is 0 Å². The lowest BCUT2D eigenvalue weighted by Gasteiger charge is -2.12. The van der Waals surface area contributed by atoms with E-state index in [-0.39, 0.29) is 5.91 Å². The van der Waals surface area contributed by atoms with E-state index in [0.29, 0.717) is 6.54 Å². The molecule has 0 aliphatic rings. The fourth-order valence-electron chi connectivity index (χ4n) is 4.23. The summed E-state index contributed by atoms with van der Waals surface area (Å²) in [6.45, 7) is 7.89. The zero-order valence-corrected chi connectivity index (χ0v) is 19.9. The number of aryl methyl sites for hydroxylation is 4. The van der Waals surface area contributed by atoms with Crippen LogP contribution in [0.25, 0.3) is 11.0 Å². The molecule has 4 heteroatoms. The van der Waals surface area contributed by atoms with E-state index in [1.54, 1.807) is 0 Å². The van der Waals surface area contributed by atoms with Gasteiger partial charge < -0.3 is 9.88 Å². The van der Waals surface area contributed by atoms with Crippen LogP contribution in [0.2, 0.25) is 0 Å². The van der Waals surface area contributed by atoms with E-state index in [2.05, 4.69) is 66.2 Å². The van der Waals surface area contributed by atoms with Crippen molar-refractivity contribution in [1.29, 1.82) is 0 Å². The van der Waals surface area contributed by atoms with Gasteiger partial charge in [-0.25, -0.2) is 4.98 Å². The summed E-state index contributed by atoms with van der Waals surface area (Å²) in [6.07, 6.45) is 4.01. The number of para-hydroxylation sites is 2. The average Bonchev–Trinajstić information content (AvgIpc) is 3.16. The first-order valence-electron chi connectivity index (χ1n) is 11.9. The average molecular weight is 440 g/mol. The maximum Gasteiger partial charge on any atom is 0.251 e. The van der Waals surface area contributed by atoms with Crippen LogP contribution in [0.4, 0.5) is 0 Å². The third-order valence-electron chi connectivity index (χ3n) is 6.24. The van der Waals surface area contributed by atoms with Gasteiger partial charge in [-0.1, -0.05) is 60.0 Å². The summed E-state index contributed by atoms with van der Waals surface area (Å²) < 4.78 is 2.37. The number of nitrogens with one attached hydrogen (secondary N) is 1. The summed E-state index contributed by atoms with van der Waals surface area (Å²) in [6, 6.07) is 22.8. The molecular formula is C29H33N3O. The van der Waals surface area contributed by atoms with E-state index in [4.69, 9.17) is 4.98 Å². The minimum Gasteiger partial charge on any atom is -0.352 e. The highest BCUT2D eigenvalue weighted by Crippen LogP contribution is 2.21. The van der Waals surface area contributed by atoms with Gasteiger partial charge in [-0.15, -0.1) is 0 Å². The molecule has 0 saturated heterocycles. The maximum absolute atomic E-state index is 12.3. The molecule has 1 amide bonds. The first kappa shape index (κ1) is 22.8. The second-order valence-electron chi connectivity index (χ2n) is 8.97. The van der Waals surface area contributed by atoms with E-state index in [0.717, 1.165) is 54.7 Å². The van der Waals surface area contributed by atoms with Crippen molar-refractivity contribution in [2.75, 3.05) is 6.54 Å². The smallest absolute Gasteiger partial charge is 0.251 e. The number of nitrogens with zero attached hydrogens (tertiary/aromatic N) is 2. The maximum atomic E-state index is 12.3. The summed E-state index contributed by atoms with van der Waals surface area (Å²) in [5.74, 6) is 1.14.